The van der Waals surface area contributed by atoms with Crippen LogP contribution in [0, 0.1) is 5.92 Å². The minimum Gasteiger partial charge on any atom is -0.326 e. The minimum atomic E-state index is -4.41. The molecule has 0 spiro atoms. The van der Waals surface area contributed by atoms with Crippen molar-refractivity contribution in [3.8, 4) is 10.6 Å². The van der Waals surface area contributed by atoms with Gasteiger partial charge in [0.05, 0.1) is 5.56 Å². The number of alkyl halides is 3. The van der Waals surface area contributed by atoms with E-state index in [9.17, 15) is 18.0 Å². The van der Waals surface area contributed by atoms with Gasteiger partial charge in [-0.25, -0.2) is 4.98 Å². The Hall–Kier alpha value is -2.67. The molecule has 2 atom stereocenters. The molecular formula is C20H15F3N2OS. The molecular weight excluding hydrogens is 373 g/mol. The van der Waals surface area contributed by atoms with Crippen molar-refractivity contribution in [3.63, 3.8) is 0 Å². The molecule has 0 aliphatic heterocycles. The molecule has 0 radical (unpaired) electrons. The van der Waals surface area contributed by atoms with E-state index in [1.165, 1.54) is 23.5 Å². The number of rotatable bonds is 4. The molecule has 1 fully saturated rings. The van der Waals surface area contributed by atoms with Gasteiger partial charge in [0.15, 0.2) is 0 Å². The molecule has 2 aromatic carbocycles. The summed E-state index contributed by atoms with van der Waals surface area (Å²) in [6, 6.07) is 12.7. The van der Waals surface area contributed by atoms with Crippen LogP contribution < -0.4 is 5.32 Å². The lowest BCUT2D eigenvalue weighted by Crippen LogP contribution is -2.15. The fourth-order valence-corrected chi connectivity index (χ4v) is 3.85. The van der Waals surface area contributed by atoms with Crippen LogP contribution in [0.5, 0.6) is 0 Å². The molecule has 138 valence electrons. The Morgan fingerprint density at radius 2 is 1.85 bits per heavy atom. The van der Waals surface area contributed by atoms with E-state index in [2.05, 4.69) is 10.3 Å². The van der Waals surface area contributed by atoms with Crippen LogP contribution in [0.2, 0.25) is 0 Å². The van der Waals surface area contributed by atoms with E-state index < -0.39 is 23.6 Å². The van der Waals surface area contributed by atoms with Crippen molar-refractivity contribution >= 4 is 22.9 Å². The van der Waals surface area contributed by atoms with Crippen molar-refractivity contribution in [2.75, 3.05) is 5.32 Å². The first-order chi connectivity index (χ1) is 12.9. The molecule has 1 heterocycles. The number of benzene rings is 2. The van der Waals surface area contributed by atoms with Gasteiger partial charge in [0.2, 0.25) is 5.91 Å². The van der Waals surface area contributed by atoms with Gasteiger partial charge in [-0.3, -0.25) is 4.79 Å². The Morgan fingerprint density at radius 1 is 1.11 bits per heavy atom. The summed E-state index contributed by atoms with van der Waals surface area (Å²) in [4.78, 5) is 16.7. The summed E-state index contributed by atoms with van der Waals surface area (Å²) < 4.78 is 39.5. The van der Waals surface area contributed by atoms with Gasteiger partial charge >= 0.3 is 6.18 Å². The number of thiazole rings is 1. The summed E-state index contributed by atoms with van der Waals surface area (Å²) >= 11 is 1.52. The molecule has 0 unspecified atom stereocenters. The van der Waals surface area contributed by atoms with Crippen LogP contribution in [0.15, 0.2) is 60.1 Å². The Labute approximate surface area is 157 Å². The number of anilines is 1. The predicted molar refractivity (Wildman–Crippen MR) is 98.5 cm³/mol. The first kappa shape index (κ1) is 17.7. The van der Waals surface area contributed by atoms with Gasteiger partial charge in [0.1, 0.15) is 5.01 Å². The summed E-state index contributed by atoms with van der Waals surface area (Å²) in [6.07, 6.45) is -2.26. The third-order valence-electron chi connectivity index (χ3n) is 4.62. The summed E-state index contributed by atoms with van der Waals surface area (Å²) in [5.74, 6) is -1.08. The Bertz CT molecular complexity index is 952. The highest BCUT2D eigenvalue weighted by atomic mass is 32.1. The van der Waals surface area contributed by atoms with Gasteiger partial charge in [-0.15, -0.1) is 11.3 Å². The van der Waals surface area contributed by atoms with E-state index in [1.807, 2.05) is 17.5 Å². The maximum Gasteiger partial charge on any atom is 0.416 e. The zero-order chi connectivity index (χ0) is 19.0. The number of carbonyl (C=O) groups is 1. The van der Waals surface area contributed by atoms with Gasteiger partial charge in [-0.2, -0.15) is 13.2 Å². The van der Waals surface area contributed by atoms with E-state index >= 15 is 0 Å². The Morgan fingerprint density at radius 3 is 2.52 bits per heavy atom. The highest BCUT2D eigenvalue weighted by Gasteiger charge is 2.47. The standard InChI is InChI=1S/C20H15F3N2OS/c21-20(22,23)17-4-2-1-3-14(17)15-11-16(15)18(26)25-13-7-5-12(6-8-13)19-24-9-10-27-19/h1-10,15-16H,11H2,(H,25,26)/t15-,16-/m1/s1. The molecule has 1 aliphatic carbocycles. The highest BCUT2D eigenvalue weighted by molar-refractivity contribution is 7.13. The zero-order valence-electron chi connectivity index (χ0n) is 14.0. The van der Waals surface area contributed by atoms with Crippen molar-refractivity contribution in [1.82, 2.24) is 4.98 Å². The lowest BCUT2D eigenvalue weighted by molar-refractivity contribution is -0.138. The molecule has 1 aliphatic rings. The summed E-state index contributed by atoms with van der Waals surface area (Å²) in [5.41, 5.74) is 1.11. The number of amides is 1. The SMILES string of the molecule is O=C(Nc1ccc(-c2nccs2)cc1)[C@@H]1C[C@@H]1c1ccccc1C(F)(F)F. The van der Waals surface area contributed by atoms with Crippen LogP contribution in [0.3, 0.4) is 0 Å². The molecule has 27 heavy (non-hydrogen) atoms. The quantitative estimate of drug-likeness (QED) is 0.635. The summed E-state index contributed by atoms with van der Waals surface area (Å²) in [5, 5.41) is 5.57. The normalized spacial score (nSPS) is 18.9. The van der Waals surface area contributed by atoms with Crippen molar-refractivity contribution in [2.45, 2.75) is 18.5 Å². The van der Waals surface area contributed by atoms with Crippen molar-refractivity contribution in [3.05, 3.63) is 71.2 Å². The first-order valence-electron chi connectivity index (χ1n) is 8.40. The van der Waals surface area contributed by atoms with E-state index in [1.54, 1.807) is 24.4 Å². The van der Waals surface area contributed by atoms with Gasteiger partial charge in [-0.05, 0) is 48.2 Å². The van der Waals surface area contributed by atoms with E-state index in [0.29, 0.717) is 12.1 Å². The second-order valence-corrected chi connectivity index (χ2v) is 7.33. The number of carbonyl (C=O) groups excluding carboxylic acids is 1. The van der Waals surface area contributed by atoms with E-state index in [4.69, 9.17) is 0 Å². The van der Waals surface area contributed by atoms with Crippen LogP contribution in [0.4, 0.5) is 18.9 Å². The summed E-state index contributed by atoms with van der Waals surface area (Å²) in [6.45, 7) is 0. The number of hydrogen-bond donors (Lipinski definition) is 1. The lowest BCUT2D eigenvalue weighted by atomic mass is 10.0. The van der Waals surface area contributed by atoms with Gasteiger partial charge < -0.3 is 5.32 Å². The first-order valence-corrected chi connectivity index (χ1v) is 9.28. The van der Waals surface area contributed by atoms with Crippen LogP contribution in [-0.2, 0) is 11.0 Å². The average Bonchev–Trinajstić information content (AvgIpc) is 3.27. The molecule has 0 saturated heterocycles. The number of nitrogens with one attached hydrogen (secondary N) is 1. The maximum absolute atomic E-state index is 13.2. The fourth-order valence-electron chi connectivity index (χ4n) is 3.20. The van der Waals surface area contributed by atoms with Crippen molar-refractivity contribution in [2.24, 2.45) is 5.92 Å². The number of hydrogen-bond acceptors (Lipinski definition) is 3. The smallest absolute Gasteiger partial charge is 0.326 e. The average molecular weight is 388 g/mol. The number of aromatic nitrogens is 1. The highest BCUT2D eigenvalue weighted by Crippen LogP contribution is 2.51. The van der Waals surface area contributed by atoms with Crippen LogP contribution >= 0.6 is 11.3 Å². The second kappa shape index (κ2) is 6.81. The lowest BCUT2D eigenvalue weighted by Gasteiger charge is -2.12. The molecule has 3 aromatic rings. The fraction of sp³-hybridized carbons (Fsp3) is 0.200. The summed E-state index contributed by atoms with van der Waals surface area (Å²) in [7, 11) is 0. The molecule has 3 nitrogen and oxygen atoms in total. The Kier molecular flexibility index (Phi) is 4.47. The maximum atomic E-state index is 13.2. The molecule has 4 rings (SSSR count). The third kappa shape index (κ3) is 3.73. The van der Waals surface area contributed by atoms with Crippen LogP contribution in [0.25, 0.3) is 10.6 Å². The monoisotopic (exact) mass is 388 g/mol. The van der Waals surface area contributed by atoms with Crippen molar-refractivity contribution in [1.29, 1.82) is 0 Å². The molecule has 7 heteroatoms. The molecule has 1 amide bonds. The van der Waals surface area contributed by atoms with E-state index in [0.717, 1.165) is 16.6 Å². The molecule has 1 N–H and O–H groups in total. The topological polar surface area (TPSA) is 42.0 Å². The van der Waals surface area contributed by atoms with Gasteiger partial charge in [-0.1, -0.05) is 18.2 Å². The van der Waals surface area contributed by atoms with Crippen LogP contribution in [0.1, 0.15) is 23.5 Å². The third-order valence-corrected chi connectivity index (χ3v) is 5.45. The van der Waals surface area contributed by atoms with Crippen LogP contribution in [-0.4, -0.2) is 10.9 Å². The molecule has 1 saturated carbocycles. The number of nitrogens with zero attached hydrogens (tertiary/aromatic N) is 1. The largest absolute Gasteiger partial charge is 0.416 e. The zero-order valence-corrected chi connectivity index (χ0v) is 14.8. The van der Waals surface area contributed by atoms with E-state index in [-0.39, 0.29) is 11.5 Å². The van der Waals surface area contributed by atoms with Gasteiger partial charge in [0.25, 0.3) is 0 Å². The Balaban J connectivity index is 1.44. The minimum absolute atomic E-state index is 0.198. The predicted octanol–water partition coefficient (Wildman–Crippen LogP) is 5.57. The number of halogens is 3. The molecule has 1 aromatic heterocycles. The molecule has 0 bridgehead atoms. The second-order valence-electron chi connectivity index (χ2n) is 6.44. The van der Waals surface area contributed by atoms with Crippen molar-refractivity contribution < 1.29 is 18.0 Å². The van der Waals surface area contributed by atoms with Gasteiger partial charge in [0, 0.05) is 28.7 Å².